The number of ether oxygens (including phenoxy) is 1. The van der Waals surface area contributed by atoms with E-state index in [-0.39, 0.29) is 18.6 Å². The average Bonchev–Trinajstić information content (AvgIpc) is 3.29. The van der Waals surface area contributed by atoms with Crippen molar-refractivity contribution in [1.29, 1.82) is 0 Å². The molecule has 4 rings (SSSR count). The van der Waals surface area contributed by atoms with Crippen molar-refractivity contribution in [3.05, 3.63) is 53.6 Å². The third kappa shape index (κ3) is 3.45. The number of carbonyl (C=O) groups is 1. The Hall–Kier alpha value is -2.37. The average molecular weight is 370 g/mol. The largest absolute Gasteiger partial charge is 0.376 e. The van der Waals surface area contributed by atoms with Crippen LogP contribution in [-0.4, -0.2) is 34.7 Å². The van der Waals surface area contributed by atoms with Crippen molar-refractivity contribution in [2.75, 3.05) is 13.2 Å². The van der Waals surface area contributed by atoms with Crippen LogP contribution in [0.1, 0.15) is 12.8 Å². The number of carbonyl (C=O) groups excluding carboxylic acids is 1. The molecule has 0 bridgehead atoms. The molecule has 26 heavy (non-hydrogen) atoms. The van der Waals surface area contributed by atoms with Gasteiger partial charge >= 0.3 is 0 Å². The highest BCUT2D eigenvalue weighted by atomic mass is 35.5. The molecule has 1 aliphatic rings. The van der Waals surface area contributed by atoms with Gasteiger partial charge in [0, 0.05) is 18.7 Å². The second-order valence-electron chi connectivity index (χ2n) is 6.43. The molecule has 0 spiro atoms. The molecule has 1 amide bonds. The molecule has 1 aliphatic heterocycles. The first-order chi connectivity index (χ1) is 12.7. The first-order valence-electron chi connectivity index (χ1n) is 8.81. The molecule has 5 nitrogen and oxygen atoms in total. The van der Waals surface area contributed by atoms with E-state index in [0.29, 0.717) is 17.4 Å². The summed E-state index contributed by atoms with van der Waals surface area (Å²) in [5.41, 5.74) is 2.57. The van der Waals surface area contributed by atoms with E-state index < -0.39 is 0 Å². The minimum absolute atomic E-state index is 0.0584. The summed E-state index contributed by atoms with van der Waals surface area (Å²) in [5.74, 6) is 0.640. The van der Waals surface area contributed by atoms with Crippen LogP contribution in [0.4, 0.5) is 0 Å². The fourth-order valence-electron chi connectivity index (χ4n) is 3.32. The number of fused-ring (bicyclic) bond motifs is 1. The van der Waals surface area contributed by atoms with E-state index in [9.17, 15) is 4.79 Å². The van der Waals surface area contributed by atoms with E-state index in [4.69, 9.17) is 21.3 Å². The zero-order valence-corrected chi connectivity index (χ0v) is 15.1. The Morgan fingerprint density at radius 3 is 2.85 bits per heavy atom. The lowest BCUT2D eigenvalue weighted by Crippen LogP contribution is -2.34. The van der Waals surface area contributed by atoms with Gasteiger partial charge in [-0.2, -0.15) is 0 Å². The van der Waals surface area contributed by atoms with Gasteiger partial charge < -0.3 is 14.6 Å². The summed E-state index contributed by atoms with van der Waals surface area (Å²) < 4.78 is 7.48. The molecule has 1 fully saturated rings. The molecule has 1 N–H and O–H groups in total. The number of aromatic nitrogens is 2. The molecule has 0 aliphatic carbocycles. The van der Waals surface area contributed by atoms with Crippen molar-refractivity contribution in [2.24, 2.45) is 0 Å². The van der Waals surface area contributed by atoms with Crippen LogP contribution in [0.15, 0.2) is 48.5 Å². The van der Waals surface area contributed by atoms with Crippen LogP contribution >= 0.6 is 11.6 Å². The predicted octanol–water partition coefficient (Wildman–Crippen LogP) is 3.65. The van der Waals surface area contributed by atoms with Crippen LogP contribution in [0.25, 0.3) is 22.4 Å². The summed E-state index contributed by atoms with van der Waals surface area (Å²) in [6.45, 7) is 1.52. The molecule has 0 saturated carbocycles. The molecule has 1 atom stereocenters. The molecule has 0 radical (unpaired) electrons. The Balaban J connectivity index is 1.63. The Morgan fingerprint density at radius 2 is 2.04 bits per heavy atom. The van der Waals surface area contributed by atoms with Gasteiger partial charge in [0.25, 0.3) is 0 Å². The van der Waals surface area contributed by atoms with Crippen molar-refractivity contribution in [2.45, 2.75) is 25.5 Å². The van der Waals surface area contributed by atoms with Gasteiger partial charge in [0.1, 0.15) is 12.4 Å². The number of hydrogen-bond acceptors (Lipinski definition) is 3. The monoisotopic (exact) mass is 369 g/mol. The second-order valence-corrected chi connectivity index (χ2v) is 6.84. The van der Waals surface area contributed by atoms with Gasteiger partial charge in [-0.1, -0.05) is 35.9 Å². The zero-order valence-electron chi connectivity index (χ0n) is 14.3. The SMILES string of the molecule is O=C(Cn1c(-c2ccccc2Cl)nc2ccccc21)NCC1CCCO1. The Labute approximate surface area is 156 Å². The number of benzene rings is 2. The molecule has 2 aromatic carbocycles. The third-order valence-corrected chi connectivity index (χ3v) is 4.95. The van der Waals surface area contributed by atoms with Gasteiger partial charge in [-0.25, -0.2) is 4.98 Å². The van der Waals surface area contributed by atoms with Crippen LogP contribution in [-0.2, 0) is 16.1 Å². The van der Waals surface area contributed by atoms with Crippen molar-refractivity contribution >= 4 is 28.5 Å². The van der Waals surface area contributed by atoms with E-state index in [0.717, 1.165) is 36.0 Å². The molecule has 134 valence electrons. The van der Waals surface area contributed by atoms with E-state index >= 15 is 0 Å². The normalized spacial score (nSPS) is 16.9. The fourth-order valence-corrected chi connectivity index (χ4v) is 3.54. The van der Waals surface area contributed by atoms with E-state index in [1.807, 2.05) is 53.1 Å². The summed E-state index contributed by atoms with van der Waals surface area (Å²) in [7, 11) is 0. The van der Waals surface area contributed by atoms with Crippen molar-refractivity contribution in [3.63, 3.8) is 0 Å². The number of nitrogens with one attached hydrogen (secondary N) is 1. The third-order valence-electron chi connectivity index (χ3n) is 4.62. The van der Waals surface area contributed by atoms with Gasteiger partial charge in [0.05, 0.1) is 22.2 Å². The highest BCUT2D eigenvalue weighted by Gasteiger charge is 2.19. The molecular formula is C20H20ClN3O2. The first-order valence-corrected chi connectivity index (χ1v) is 9.18. The second kappa shape index (κ2) is 7.48. The Kier molecular flexibility index (Phi) is 4.91. The molecular weight excluding hydrogens is 350 g/mol. The number of imidazole rings is 1. The molecule has 2 heterocycles. The molecule has 6 heteroatoms. The molecule has 1 unspecified atom stereocenters. The van der Waals surface area contributed by atoms with Gasteiger partial charge in [-0.15, -0.1) is 0 Å². The van der Waals surface area contributed by atoms with Crippen LogP contribution in [0.3, 0.4) is 0 Å². The van der Waals surface area contributed by atoms with Crippen molar-refractivity contribution in [3.8, 4) is 11.4 Å². The summed E-state index contributed by atoms with van der Waals surface area (Å²) in [6, 6.07) is 15.3. The maximum absolute atomic E-state index is 12.5. The highest BCUT2D eigenvalue weighted by molar-refractivity contribution is 6.33. The summed E-state index contributed by atoms with van der Waals surface area (Å²) in [6.07, 6.45) is 2.18. The summed E-state index contributed by atoms with van der Waals surface area (Å²) in [5, 5.41) is 3.59. The maximum Gasteiger partial charge on any atom is 0.240 e. The number of para-hydroxylation sites is 2. The molecule has 1 saturated heterocycles. The van der Waals surface area contributed by atoms with Gasteiger partial charge in [0.15, 0.2) is 0 Å². The lowest BCUT2D eigenvalue weighted by molar-refractivity contribution is -0.122. The highest BCUT2D eigenvalue weighted by Crippen LogP contribution is 2.30. The smallest absolute Gasteiger partial charge is 0.240 e. The summed E-state index contributed by atoms with van der Waals surface area (Å²) >= 11 is 6.37. The predicted molar refractivity (Wildman–Crippen MR) is 102 cm³/mol. The minimum atomic E-state index is -0.0584. The van der Waals surface area contributed by atoms with Crippen molar-refractivity contribution < 1.29 is 9.53 Å². The van der Waals surface area contributed by atoms with Crippen LogP contribution < -0.4 is 5.32 Å². The molecule has 3 aromatic rings. The van der Waals surface area contributed by atoms with Gasteiger partial charge in [-0.05, 0) is 37.1 Å². The van der Waals surface area contributed by atoms with Gasteiger partial charge in [-0.3, -0.25) is 4.79 Å². The number of rotatable bonds is 5. The van der Waals surface area contributed by atoms with E-state index in [2.05, 4.69) is 5.32 Å². The topological polar surface area (TPSA) is 56.2 Å². The fraction of sp³-hybridized carbons (Fsp3) is 0.300. The zero-order chi connectivity index (χ0) is 17.9. The van der Waals surface area contributed by atoms with Crippen LogP contribution in [0, 0.1) is 0 Å². The Bertz CT molecular complexity index is 932. The number of amides is 1. The number of hydrogen-bond donors (Lipinski definition) is 1. The van der Waals surface area contributed by atoms with Crippen molar-refractivity contribution in [1.82, 2.24) is 14.9 Å². The standard InChI is InChI=1S/C20H20ClN3O2/c21-16-8-2-1-7-15(16)20-23-17-9-3-4-10-18(17)24(20)13-19(25)22-12-14-6-5-11-26-14/h1-4,7-10,14H,5-6,11-13H2,(H,22,25). The lowest BCUT2D eigenvalue weighted by Gasteiger charge is -2.13. The van der Waals surface area contributed by atoms with Crippen LogP contribution in [0.2, 0.25) is 5.02 Å². The Morgan fingerprint density at radius 1 is 1.23 bits per heavy atom. The van der Waals surface area contributed by atoms with Crippen LogP contribution in [0.5, 0.6) is 0 Å². The minimum Gasteiger partial charge on any atom is -0.376 e. The quantitative estimate of drug-likeness (QED) is 0.746. The maximum atomic E-state index is 12.5. The van der Waals surface area contributed by atoms with E-state index in [1.165, 1.54) is 0 Å². The van der Waals surface area contributed by atoms with E-state index in [1.54, 1.807) is 0 Å². The number of nitrogens with zero attached hydrogens (tertiary/aromatic N) is 2. The molecule has 1 aromatic heterocycles. The summed E-state index contributed by atoms with van der Waals surface area (Å²) in [4.78, 5) is 17.2. The lowest BCUT2D eigenvalue weighted by atomic mass is 10.2. The van der Waals surface area contributed by atoms with Gasteiger partial charge in [0.2, 0.25) is 5.91 Å². The first kappa shape index (κ1) is 17.1. The number of halogens is 1.